The Hall–Kier alpha value is -1.91. The molecule has 1 rings (SSSR count). The highest BCUT2D eigenvalue weighted by Crippen LogP contribution is 2.32. The molecule has 0 bridgehead atoms. The minimum absolute atomic E-state index is 0.139. The van der Waals surface area contributed by atoms with E-state index < -0.39 is 23.8 Å². The van der Waals surface area contributed by atoms with E-state index >= 15 is 0 Å². The molecule has 19 heavy (non-hydrogen) atoms. The average molecular weight is 266 g/mol. The Labute approximate surface area is 112 Å². The summed E-state index contributed by atoms with van der Waals surface area (Å²) in [5, 5.41) is 0. The second-order valence-corrected chi connectivity index (χ2v) is 4.29. The van der Waals surface area contributed by atoms with Crippen molar-refractivity contribution in [3.63, 3.8) is 0 Å². The van der Waals surface area contributed by atoms with Crippen molar-refractivity contribution in [1.29, 1.82) is 0 Å². The molecular formula is C14H18O5. The minimum atomic E-state index is -0.661. The fourth-order valence-corrected chi connectivity index (χ4v) is 2.17. The Morgan fingerprint density at radius 2 is 1.74 bits per heavy atom. The van der Waals surface area contributed by atoms with Crippen LogP contribution >= 0.6 is 0 Å². The van der Waals surface area contributed by atoms with Crippen LogP contribution in [0.3, 0.4) is 0 Å². The minimum Gasteiger partial charge on any atom is -0.469 e. The van der Waals surface area contributed by atoms with Gasteiger partial charge in [-0.1, -0.05) is 12.2 Å². The van der Waals surface area contributed by atoms with Gasteiger partial charge in [0.1, 0.15) is 0 Å². The van der Waals surface area contributed by atoms with Gasteiger partial charge in [-0.15, -0.1) is 0 Å². The lowest BCUT2D eigenvalue weighted by molar-refractivity contribution is -0.157. The maximum atomic E-state index is 11.8. The third-order valence-electron chi connectivity index (χ3n) is 3.19. The Bertz CT molecular complexity index is 433. The topological polar surface area (TPSA) is 69.7 Å². The van der Waals surface area contributed by atoms with Gasteiger partial charge in [-0.25, -0.2) is 0 Å². The first-order valence-corrected chi connectivity index (χ1v) is 6.06. The Balaban J connectivity index is 2.97. The highest BCUT2D eigenvalue weighted by atomic mass is 16.5. The standard InChI is InChI=1S/C14H18O5/c1-4-5-12(15)9-6-7-10(13(16)18-2)11(8-9)14(17)19-3/h4-6,10-11H,7-8H2,1-3H3/b5-4+/t10-,11-/m0/s1. The summed E-state index contributed by atoms with van der Waals surface area (Å²) in [7, 11) is 2.54. The molecule has 5 nitrogen and oxygen atoms in total. The maximum absolute atomic E-state index is 11.8. The fraction of sp³-hybridized carbons (Fsp3) is 0.500. The Morgan fingerprint density at radius 1 is 1.16 bits per heavy atom. The first-order valence-electron chi connectivity index (χ1n) is 6.06. The van der Waals surface area contributed by atoms with Crippen molar-refractivity contribution in [1.82, 2.24) is 0 Å². The lowest BCUT2D eigenvalue weighted by Crippen LogP contribution is -2.34. The molecule has 0 aromatic rings. The van der Waals surface area contributed by atoms with E-state index in [-0.39, 0.29) is 12.2 Å². The summed E-state index contributed by atoms with van der Waals surface area (Å²) in [6.45, 7) is 1.75. The molecule has 0 radical (unpaired) electrons. The lowest BCUT2D eigenvalue weighted by atomic mass is 9.78. The molecule has 0 aliphatic heterocycles. The van der Waals surface area contributed by atoms with Crippen LogP contribution in [0.15, 0.2) is 23.8 Å². The lowest BCUT2D eigenvalue weighted by Gasteiger charge is -2.26. The van der Waals surface area contributed by atoms with Gasteiger partial charge in [0.2, 0.25) is 0 Å². The van der Waals surface area contributed by atoms with E-state index in [1.807, 2.05) is 0 Å². The summed E-state index contributed by atoms with van der Waals surface area (Å²) in [6.07, 6.45) is 5.30. The van der Waals surface area contributed by atoms with E-state index in [1.165, 1.54) is 20.3 Å². The molecule has 0 aromatic heterocycles. The number of carbonyl (C=O) groups is 3. The molecule has 0 aromatic carbocycles. The van der Waals surface area contributed by atoms with Gasteiger partial charge < -0.3 is 9.47 Å². The molecule has 0 N–H and O–H groups in total. The highest BCUT2D eigenvalue weighted by Gasteiger charge is 2.38. The number of ketones is 1. The molecule has 1 aliphatic carbocycles. The van der Waals surface area contributed by atoms with Gasteiger partial charge in [0, 0.05) is 0 Å². The molecule has 2 atom stereocenters. The van der Waals surface area contributed by atoms with Gasteiger partial charge >= 0.3 is 11.9 Å². The van der Waals surface area contributed by atoms with Crippen LogP contribution < -0.4 is 0 Å². The average Bonchev–Trinajstić information content (AvgIpc) is 2.45. The highest BCUT2D eigenvalue weighted by molar-refractivity contribution is 6.04. The van der Waals surface area contributed by atoms with Crippen LogP contribution in [0.2, 0.25) is 0 Å². The zero-order chi connectivity index (χ0) is 14.4. The number of carbonyl (C=O) groups excluding carboxylic acids is 3. The van der Waals surface area contributed by atoms with E-state index in [4.69, 9.17) is 4.74 Å². The van der Waals surface area contributed by atoms with E-state index in [0.717, 1.165) is 0 Å². The molecule has 0 unspecified atom stereocenters. The van der Waals surface area contributed by atoms with Gasteiger partial charge in [0.15, 0.2) is 5.78 Å². The van der Waals surface area contributed by atoms with Gasteiger partial charge in [-0.3, -0.25) is 14.4 Å². The molecule has 5 heteroatoms. The third-order valence-corrected chi connectivity index (χ3v) is 3.19. The normalized spacial score (nSPS) is 22.8. The molecule has 104 valence electrons. The molecule has 1 aliphatic rings. The van der Waals surface area contributed by atoms with Crippen molar-refractivity contribution in [3.05, 3.63) is 23.8 Å². The van der Waals surface area contributed by atoms with E-state index in [9.17, 15) is 14.4 Å². The number of hydrogen-bond acceptors (Lipinski definition) is 5. The molecule has 0 heterocycles. The van der Waals surface area contributed by atoms with E-state index in [1.54, 1.807) is 19.1 Å². The van der Waals surface area contributed by atoms with Crippen LogP contribution in [0, 0.1) is 11.8 Å². The van der Waals surface area contributed by atoms with Gasteiger partial charge in [-0.05, 0) is 31.4 Å². The molecule has 0 saturated carbocycles. The molecule has 0 spiro atoms. The fourth-order valence-electron chi connectivity index (χ4n) is 2.17. The monoisotopic (exact) mass is 266 g/mol. The van der Waals surface area contributed by atoms with E-state index in [2.05, 4.69) is 4.74 Å². The van der Waals surface area contributed by atoms with Crippen molar-refractivity contribution < 1.29 is 23.9 Å². The van der Waals surface area contributed by atoms with Gasteiger partial charge in [0.05, 0.1) is 26.1 Å². The number of methoxy groups -OCH3 is 2. The predicted octanol–water partition coefficient (Wildman–Crippen LogP) is 1.43. The van der Waals surface area contributed by atoms with Crippen molar-refractivity contribution in [2.45, 2.75) is 19.8 Å². The largest absolute Gasteiger partial charge is 0.469 e. The number of esters is 2. The van der Waals surface area contributed by atoms with Crippen LogP contribution in [-0.4, -0.2) is 31.9 Å². The first kappa shape index (κ1) is 15.1. The van der Waals surface area contributed by atoms with Crippen molar-refractivity contribution in [2.24, 2.45) is 11.8 Å². The number of allylic oxidation sites excluding steroid dienone is 4. The summed E-state index contributed by atoms with van der Waals surface area (Å²) < 4.78 is 9.38. The van der Waals surface area contributed by atoms with Gasteiger partial charge in [-0.2, -0.15) is 0 Å². The molecular weight excluding hydrogens is 248 g/mol. The maximum Gasteiger partial charge on any atom is 0.309 e. The summed E-state index contributed by atoms with van der Waals surface area (Å²) >= 11 is 0. The van der Waals surface area contributed by atoms with Crippen molar-refractivity contribution in [3.8, 4) is 0 Å². The predicted molar refractivity (Wildman–Crippen MR) is 68.2 cm³/mol. The Morgan fingerprint density at radius 3 is 2.26 bits per heavy atom. The molecule has 0 fully saturated rings. The van der Waals surface area contributed by atoms with E-state index in [0.29, 0.717) is 12.0 Å². The first-order chi connectivity index (χ1) is 9.04. The Kier molecular flexibility index (Phi) is 5.48. The SMILES string of the molecule is C/C=C/C(=O)C1=CC[C@H](C(=O)OC)[C@@H](C(=O)OC)C1. The molecule has 0 saturated heterocycles. The summed E-state index contributed by atoms with van der Waals surface area (Å²) in [6, 6.07) is 0. The molecule has 0 amide bonds. The van der Waals surface area contributed by atoms with Crippen LogP contribution in [-0.2, 0) is 23.9 Å². The van der Waals surface area contributed by atoms with Crippen LogP contribution in [0.1, 0.15) is 19.8 Å². The van der Waals surface area contributed by atoms with Crippen LogP contribution in [0.5, 0.6) is 0 Å². The number of ether oxygens (including phenoxy) is 2. The smallest absolute Gasteiger partial charge is 0.309 e. The summed E-state index contributed by atoms with van der Waals surface area (Å²) in [5.41, 5.74) is 0.536. The quantitative estimate of drug-likeness (QED) is 0.568. The van der Waals surface area contributed by atoms with Crippen LogP contribution in [0.25, 0.3) is 0 Å². The second-order valence-electron chi connectivity index (χ2n) is 4.29. The van der Waals surface area contributed by atoms with Crippen LogP contribution in [0.4, 0.5) is 0 Å². The zero-order valence-electron chi connectivity index (χ0n) is 11.3. The number of hydrogen-bond donors (Lipinski definition) is 0. The van der Waals surface area contributed by atoms with Crippen molar-refractivity contribution >= 4 is 17.7 Å². The summed E-state index contributed by atoms with van der Waals surface area (Å²) in [5.74, 6) is -2.33. The van der Waals surface area contributed by atoms with Gasteiger partial charge in [0.25, 0.3) is 0 Å². The van der Waals surface area contributed by atoms with Crippen molar-refractivity contribution in [2.75, 3.05) is 14.2 Å². The zero-order valence-corrected chi connectivity index (χ0v) is 11.3. The number of rotatable bonds is 4. The third kappa shape index (κ3) is 3.53. The summed E-state index contributed by atoms with van der Waals surface area (Å²) in [4.78, 5) is 35.2. The second kappa shape index (κ2) is 6.87.